The lowest BCUT2D eigenvalue weighted by Crippen LogP contribution is -2.15. The van der Waals surface area contributed by atoms with E-state index in [0.29, 0.717) is 17.0 Å². The molecule has 0 bridgehead atoms. The van der Waals surface area contributed by atoms with Gasteiger partial charge in [-0.05, 0) is 43.7 Å². The SMILES string of the molecule is Cc1ccc(NC(=O)c2c(C)nc3ccc(F)cn23)c(O)c1. The number of rotatable bonds is 2. The van der Waals surface area contributed by atoms with Crippen LogP contribution in [-0.2, 0) is 0 Å². The van der Waals surface area contributed by atoms with Crippen LogP contribution in [0.1, 0.15) is 21.7 Å². The molecule has 0 radical (unpaired) electrons. The van der Waals surface area contributed by atoms with Gasteiger partial charge in [0.15, 0.2) is 0 Å². The van der Waals surface area contributed by atoms with E-state index in [9.17, 15) is 14.3 Å². The number of nitrogens with zero attached hydrogens (tertiary/aromatic N) is 2. The summed E-state index contributed by atoms with van der Waals surface area (Å²) in [6.07, 6.45) is 1.21. The number of carbonyl (C=O) groups excluding carboxylic acids is 1. The number of hydrogen-bond acceptors (Lipinski definition) is 3. The lowest BCUT2D eigenvalue weighted by atomic mass is 10.2. The van der Waals surface area contributed by atoms with Gasteiger partial charge in [-0.2, -0.15) is 0 Å². The van der Waals surface area contributed by atoms with Crippen LogP contribution in [-0.4, -0.2) is 20.4 Å². The predicted molar refractivity (Wildman–Crippen MR) is 80.7 cm³/mol. The number of hydrogen-bond donors (Lipinski definition) is 2. The molecule has 0 aliphatic carbocycles. The standard InChI is InChI=1S/C16H14FN3O2/c1-9-3-5-12(13(21)7-9)19-16(22)15-10(2)18-14-6-4-11(17)8-20(14)15/h3-8,21H,1-2H3,(H,19,22). The van der Waals surface area contributed by atoms with Gasteiger partial charge in [-0.3, -0.25) is 9.20 Å². The molecule has 0 unspecified atom stereocenters. The van der Waals surface area contributed by atoms with Crippen LogP contribution in [0.3, 0.4) is 0 Å². The van der Waals surface area contributed by atoms with E-state index in [2.05, 4.69) is 10.3 Å². The highest BCUT2D eigenvalue weighted by Crippen LogP contribution is 2.25. The van der Waals surface area contributed by atoms with E-state index >= 15 is 0 Å². The van der Waals surface area contributed by atoms with E-state index in [0.717, 1.165) is 5.56 Å². The van der Waals surface area contributed by atoms with Crippen molar-refractivity contribution >= 4 is 17.2 Å². The van der Waals surface area contributed by atoms with Crippen molar-refractivity contribution in [2.24, 2.45) is 0 Å². The summed E-state index contributed by atoms with van der Waals surface area (Å²) < 4.78 is 14.8. The van der Waals surface area contributed by atoms with Gasteiger partial charge in [-0.15, -0.1) is 0 Å². The lowest BCUT2D eigenvalue weighted by molar-refractivity contribution is 0.102. The molecule has 6 heteroatoms. The normalized spacial score (nSPS) is 10.9. The number of anilines is 1. The van der Waals surface area contributed by atoms with Crippen LogP contribution < -0.4 is 5.32 Å². The number of pyridine rings is 1. The van der Waals surface area contributed by atoms with Crippen LogP contribution in [0, 0.1) is 19.7 Å². The summed E-state index contributed by atoms with van der Waals surface area (Å²) in [4.78, 5) is 16.7. The Morgan fingerprint density at radius 1 is 1.27 bits per heavy atom. The molecule has 0 atom stereocenters. The smallest absolute Gasteiger partial charge is 0.274 e. The highest BCUT2D eigenvalue weighted by molar-refractivity contribution is 6.05. The van der Waals surface area contributed by atoms with E-state index in [1.165, 1.54) is 22.7 Å². The Kier molecular flexibility index (Phi) is 3.29. The first-order chi connectivity index (χ1) is 10.5. The van der Waals surface area contributed by atoms with E-state index in [1.807, 2.05) is 6.92 Å². The van der Waals surface area contributed by atoms with Gasteiger partial charge < -0.3 is 10.4 Å². The predicted octanol–water partition coefficient (Wildman–Crippen LogP) is 3.05. The summed E-state index contributed by atoms with van der Waals surface area (Å²) in [6.45, 7) is 3.51. The van der Waals surface area contributed by atoms with Gasteiger partial charge in [0.2, 0.25) is 0 Å². The van der Waals surface area contributed by atoms with E-state index < -0.39 is 11.7 Å². The topological polar surface area (TPSA) is 66.6 Å². The lowest BCUT2D eigenvalue weighted by Gasteiger charge is -2.08. The molecule has 0 fully saturated rings. The molecule has 0 saturated heterocycles. The minimum absolute atomic E-state index is 0.0222. The zero-order valence-corrected chi connectivity index (χ0v) is 12.1. The largest absolute Gasteiger partial charge is 0.506 e. The molecule has 2 N–H and O–H groups in total. The van der Waals surface area contributed by atoms with Crippen LogP contribution in [0.15, 0.2) is 36.5 Å². The maximum absolute atomic E-state index is 13.4. The molecule has 1 amide bonds. The minimum atomic E-state index is -0.463. The zero-order valence-electron chi connectivity index (χ0n) is 12.1. The fourth-order valence-electron chi connectivity index (χ4n) is 2.34. The second kappa shape index (κ2) is 5.14. The summed E-state index contributed by atoms with van der Waals surface area (Å²) in [5.41, 5.74) is 2.37. The molecular formula is C16H14FN3O2. The average molecular weight is 299 g/mol. The Hall–Kier alpha value is -2.89. The van der Waals surface area contributed by atoms with Crippen LogP contribution in [0.25, 0.3) is 5.65 Å². The number of benzene rings is 1. The Labute approximate surface area is 126 Å². The number of phenolic OH excluding ortho intramolecular Hbond substituents is 1. The Morgan fingerprint density at radius 3 is 2.77 bits per heavy atom. The molecule has 3 rings (SSSR count). The van der Waals surface area contributed by atoms with Crippen LogP contribution in [0.5, 0.6) is 5.75 Å². The maximum Gasteiger partial charge on any atom is 0.274 e. The fourth-order valence-corrected chi connectivity index (χ4v) is 2.34. The molecule has 22 heavy (non-hydrogen) atoms. The zero-order chi connectivity index (χ0) is 15.9. The van der Waals surface area contributed by atoms with Crippen molar-refractivity contribution in [3.05, 3.63) is 59.3 Å². The Bertz CT molecular complexity index is 886. The van der Waals surface area contributed by atoms with Crippen LogP contribution in [0.4, 0.5) is 10.1 Å². The number of fused-ring (bicyclic) bond motifs is 1. The first kappa shape index (κ1) is 14.1. The number of phenols is 1. The van der Waals surface area contributed by atoms with Gasteiger partial charge >= 0.3 is 0 Å². The van der Waals surface area contributed by atoms with Crippen molar-refractivity contribution < 1.29 is 14.3 Å². The average Bonchev–Trinajstić information content (AvgIpc) is 2.77. The van der Waals surface area contributed by atoms with Gasteiger partial charge in [-0.25, -0.2) is 9.37 Å². The number of amides is 1. The van der Waals surface area contributed by atoms with Crippen LogP contribution in [0.2, 0.25) is 0 Å². The van der Waals surface area contributed by atoms with Crippen molar-refractivity contribution in [1.82, 2.24) is 9.38 Å². The maximum atomic E-state index is 13.4. The summed E-state index contributed by atoms with van der Waals surface area (Å²) in [7, 11) is 0. The van der Waals surface area contributed by atoms with Crippen molar-refractivity contribution in [2.45, 2.75) is 13.8 Å². The number of imidazole rings is 1. The molecule has 0 saturated carbocycles. The molecule has 1 aromatic carbocycles. The highest BCUT2D eigenvalue weighted by Gasteiger charge is 2.18. The van der Waals surface area contributed by atoms with E-state index in [-0.39, 0.29) is 11.4 Å². The molecule has 0 aliphatic heterocycles. The monoisotopic (exact) mass is 299 g/mol. The molecular weight excluding hydrogens is 285 g/mol. The third-order valence-corrected chi connectivity index (χ3v) is 3.37. The third kappa shape index (κ3) is 2.39. The molecule has 5 nitrogen and oxygen atoms in total. The third-order valence-electron chi connectivity index (χ3n) is 3.37. The quantitative estimate of drug-likeness (QED) is 0.715. The second-order valence-electron chi connectivity index (χ2n) is 5.10. The summed E-state index contributed by atoms with van der Waals surface area (Å²) in [5, 5.41) is 12.5. The summed E-state index contributed by atoms with van der Waals surface area (Å²) in [6, 6.07) is 7.73. The second-order valence-corrected chi connectivity index (χ2v) is 5.10. The van der Waals surface area contributed by atoms with Gasteiger partial charge in [0.1, 0.15) is 22.9 Å². The van der Waals surface area contributed by atoms with Gasteiger partial charge in [0.25, 0.3) is 5.91 Å². The van der Waals surface area contributed by atoms with Gasteiger partial charge in [0, 0.05) is 6.20 Å². The number of aromatic hydroxyl groups is 1. The molecule has 0 aliphatic rings. The number of carbonyl (C=O) groups is 1. The highest BCUT2D eigenvalue weighted by atomic mass is 19.1. The minimum Gasteiger partial charge on any atom is -0.506 e. The Balaban J connectivity index is 2.02. The van der Waals surface area contributed by atoms with Gasteiger partial charge in [-0.1, -0.05) is 6.07 Å². The fraction of sp³-hybridized carbons (Fsp3) is 0.125. The summed E-state index contributed by atoms with van der Waals surface area (Å²) >= 11 is 0. The van der Waals surface area contributed by atoms with Gasteiger partial charge in [0.05, 0.1) is 11.4 Å². The Morgan fingerprint density at radius 2 is 2.05 bits per heavy atom. The van der Waals surface area contributed by atoms with E-state index in [4.69, 9.17) is 0 Å². The first-order valence-corrected chi connectivity index (χ1v) is 6.71. The van der Waals surface area contributed by atoms with Crippen LogP contribution >= 0.6 is 0 Å². The molecule has 3 aromatic rings. The number of aromatic nitrogens is 2. The van der Waals surface area contributed by atoms with Crippen molar-refractivity contribution in [1.29, 1.82) is 0 Å². The van der Waals surface area contributed by atoms with Crippen molar-refractivity contribution in [3.8, 4) is 5.75 Å². The number of halogens is 1. The molecule has 112 valence electrons. The summed E-state index contributed by atoms with van der Waals surface area (Å²) in [5.74, 6) is -0.946. The van der Waals surface area contributed by atoms with E-state index in [1.54, 1.807) is 25.1 Å². The molecule has 2 heterocycles. The molecule has 2 aromatic heterocycles. The molecule has 0 spiro atoms. The first-order valence-electron chi connectivity index (χ1n) is 6.71. The number of aryl methyl sites for hydroxylation is 2. The van der Waals surface area contributed by atoms with Crippen molar-refractivity contribution in [2.75, 3.05) is 5.32 Å². The van der Waals surface area contributed by atoms with Crippen molar-refractivity contribution in [3.63, 3.8) is 0 Å². The number of nitrogens with one attached hydrogen (secondary N) is 1.